The zero-order chi connectivity index (χ0) is 28.2. The number of fused-ring (bicyclic) bond motifs is 1. The highest BCUT2D eigenvalue weighted by atomic mass is 19.4. The Morgan fingerprint density at radius 3 is 2.50 bits per heavy atom. The number of rotatable bonds is 8. The van der Waals surface area contributed by atoms with Gasteiger partial charge in [-0.1, -0.05) is 19.0 Å². The Bertz CT molecular complexity index is 1130. The van der Waals surface area contributed by atoms with E-state index in [0.717, 1.165) is 4.90 Å². The van der Waals surface area contributed by atoms with Crippen molar-refractivity contribution < 1.29 is 54.8 Å². The van der Waals surface area contributed by atoms with Gasteiger partial charge < -0.3 is 20.1 Å². The van der Waals surface area contributed by atoms with Gasteiger partial charge in [0, 0.05) is 25.1 Å². The first-order valence-electron chi connectivity index (χ1n) is 11.7. The summed E-state index contributed by atoms with van der Waals surface area (Å²) in [4.78, 5) is 52.0. The lowest BCUT2D eigenvalue weighted by molar-refractivity contribution is -0.321. The number of hydrogen-bond donors (Lipinski definition) is 2. The predicted octanol–water partition coefficient (Wildman–Crippen LogP) is 1.91. The van der Waals surface area contributed by atoms with Gasteiger partial charge in [0.1, 0.15) is 12.6 Å². The molecule has 0 aromatic carbocycles. The van der Waals surface area contributed by atoms with E-state index in [1.54, 1.807) is 0 Å². The maximum absolute atomic E-state index is 13.4. The van der Waals surface area contributed by atoms with Crippen molar-refractivity contribution in [3.8, 4) is 0 Å². The van der Waals surface area contributed by atoms with Gasteiger partial charge in [-0.25, -0.2) is 0 Å². The van der Waals surface area contributed by atoms with E-state index in [-0.39, 0.29) is 31.8 Å². The van der Waals surface area contributed by atoms with Gasteiger partial charge in [-0.05, 0) is 30.1 Å². The van der Waals surface area contributed by atoms with Gasteiger partial charge >= 0.3 is 12.5 Å². The van der Waals surface area contributed by atoms with Crippen LogP contribution in [0.1, 0.15) is 42.9 Å². The number of likely N-dealkylation sites (tertiary alicyclic amines) is 1. The Morgan fingerprint density at radius 2 is 1.95 bits per heavy atom. The van der Waals surface area contributed by atoms with Crippen LogP contribution in [-0.2, 0) is 25.3 Å². The molecule has 2 N–H and O–H groups in total. The number of aromatic nitrogens is 1. The Kier molecular flexibility index (Phi) is 6.99. The molecular weight excluding hydrogens is 530 g/mol. The molecule has 3 amide bonds. The van der Waals surface area contributed by atoms with Crippen molar-refractivity contribution in [1.29, 1.82) is 0 Å². The average Bonchev–Trinajstić information content (AvgIpc) is 3.35. The molecule has 3 heterocycles. The number of carbonyl (C=O) groups excluding carboxylic acids is 4. The van der Waals surface area contributed by atoms with E-state index in [9.17, 15) is 45.5 Å². The fraction of sp³-hybridized carbons (Fsp3) is 0.682. The second kappa shape index (κ2) is 9.54. The average molecular weight is 554 g/mol. The van der Waals surface area contributed by atoms with Crippen molar-refractivity contribution in [2.24, 2.45) is 23.2 Å². The third-order valence-electron chi connectivity index (χ3n) is 7.52. The molecule has 1 aliphatic carbocycles. The summed E-state index contributed by atoms with van der Waals surface area (Å²) in [6.07, 6.45) is -9.99. The molecule has 1 saturated carbocycles. The van der Waals surface area contributed by atoms with Gasteiger partial charge in [0.15, 0.2) is 11.5 Å². The quantitative estimate of drug-likeness (QED) is 0.470. The maximum atomic E-state index is 13.4. The van der Waals surface area contributed by atoms with Crippen LogP contribution in [0.3, 0.4) is 0 Å². The number of ether oxygens (including phenoxy) is 1. The highest BCUT2D eigenvalue weighted by Crippen LogP contribution is 2.65. The summed E-state index contributed by atoms with van der Waals surface area (Å²) in [5.41, 5.74) is -1.86. The number of carbonyl (C=O) groups is 4. The molecule has 16 heteroatoms. The van der Waals surface area contributed by atoms with Crippen LogP contribution in [0.25, 0.3) is 0 Å². The molecule has 3 aliphatic rings. The standard InChI is InChI=1S/C22H24F6N4O6/c1-20(2)10-7-32(19(36)13-6-14(31-38-13)21(23,24)25)16(15(10)20)18(35)30-11(5-9-3-4-29-17(9)34)12(33)8-37-22(26,27)28/h6,9-11,15-16H,3-5,7-8H2,1-2H3,(H,29,34)(H,30,35)/t9-,10-,11-,15-,16-/m0/s1. The van der Waals surface area contributed by atoms with Crippen molar-refractivity contribution in [1.82, 2.24) is 20.7 Å². The molecule has 210 valence electrons. The molecule has 3 fully saturated rings. The molecule has 1 aromatic heterocycles. The molecule has 1 aromatic rings. The summed E-state index contributed by atoms with van der Waals surface area (Å²) in [7, 11) is 0. The third kappa shape index (κ3) is 5.49. The predicted molar refractivity (Wildman–Crippen MR) is 112 cm³/mol. The zero-order valence-electron chi connectivity index (χ0n) is 20.1. The summed E-state index contributed by atoms with van der Waals surface area (Å²) in [5.74, 6) is -5.63. The van der Waals surface area contributed by atoms with Gasteiger partial charge in [-0.3, -0.25) is 23.9 Å². The molecule has 0 unspecified atom stereocenters. The molecule has 2 aliphatic heterocycles. The van der Waals surface area contributed by atoms with E-state index in [0.29, 0.717) is 6.07 Å². The fourth-order valence-electron chi connectivity index (χ4n) is 5.38. The third-order valence-corrected chi connectivity index (χ3v) is 7.52. The molecular formula is C22H24F6N4O6. The van der Waals surface area contributed by atoms with Crippen molar-refractivity contribution in [3.63, 3.8) is 0 Å². The topological polar surface area (TPSA) is 131 Å². The van der Waals surface area contributed by atoms with Crippen LogP contribution in [0, 0.1) is 23.2 Å². The first-order chi connectivity index (χ1) is 17.5. The second-order valence-electron chi connectivity index (χ2n) is 10.2. The summed E-state index contributed by atoms with van der Waals surface area (Å²) in [6, 6.07) is -2.39. The largest absolute Gasteiger partial charge is 0.522 e. The molecule has 4 rings (SSSR count). The van der Waals surface area contributed by atoms with Crippen LogP contribution in [0.4, 0.5) is 26.3 Å². The number of amides is 3. The maximum Gasteiger partial charge on any atom is 0.522 e. The van der Waals surface area contributed by atoms with Gasteiger partial charge in [0.25, 0.3) is 5.91 Å². The molecule has 5 atom stereocenters. The van der Waals surface area contributed by atoms with E-state index in [1.807, 2.05) is 13.8 Å². The number of halogens is 6. The smallest absolute Gasteiger partial charge is 0.356 e. The first kappa shape index (κ1) is 27.9. The van der Waals surface area contributed by atoms with E-state index in [4.69, 9.17) is 0 Å². The lowest BCUT2D eigenvalue weighted by Crippen LogP contribution is -2.54. The van der Waals surface area contributed by atoms with Crippen LogP contribution < -0.4 is 10.6 Å². The molecule has 38 heavy (non-hydrogen) atoms. The van der Waals surface area contributed by atoms with E-state index in [2.05, 4.69) is 25.1 Å². The van der Waals surface area contributed by atoms with E-state index in [1.165, 1.54) is 0 Å². The van der Waals surface area contributed by atoms with E-state index < -0.39 is 83.4 Å². The highest BCUT2D eigenvalue weighted by Gasteiger charge is 2.69. The Balaban J connectivity index is 1.54. The Morgan fingerprint density at radius 1 is 1.26 bits per heavy atom. The van der Waals surface area contributed by atoms with Crippen molar-refractivity contribution >= 4 is 23.5 Å². The summed E-state index contributed by atoms with van der Waals surface area (Å²) in [5, 5.41) is 7.75. The summed E-state index contributed by atoms with van der Waals surface area (Å²) in [6.45, 7) is 2.52. The van der Waals surface area contributed by atoms with Crippen LogP contribution in [-0.4, -0.2) is 71.7 Å². The number of nitrogens with one attached hydrogen (secondary N) is 2. The molecule has 0 spiro atoms. The van der Waals surface area contributed by atoms with Crippen LogP contribution >= 0.6 is 0 Å². The number of nitrogens with zero attached hydrogens (tertiary/aromatic N) is 2. The molecule has 10 nitrogen and oxygen atoms in total. The normalized spacial score (nSPS) is 27.1. The zero-order valence-corrected chi connectivity index (χ0v) is 20.1. The number of hydrogen-bond acceptors (Lipinski definition) is 7. The van der Waals surface area contributed by atoms with Crippen molar-refractivity contribution in [2.75, 3.05) is 19.7 Å². The van der Waals surface area contributed by atoms with Gasteiger partial charge in [0.2, 0.25) is 17.6 Å². The summed E-state index contributed by atoms with van der Waals surface area (Å²) < 4.78 is 84.5. The number of Topliss-reactive ketones (excluding diaryl/α,β-unsaturated/α-hetero) is 1. The lowest BCUT2D eigenvalue weighted by atomic mass is 9.94. The van der Waals surface area contributed by atoms with Crippen molar-refractivity contribution in [3.05, 3.63) is 17.5 Å². The van der Waals surface area contributed by atoms with Crippen molar-refractivity contribution in [2.45, 2.75) is 51.3 Å². The highest BCUT2D eigenvalue weighted by molar-refractivity contribution is 5.98. The van der Waals surface area contributed by atoms with E-state index >= 15 is 0 Å². The fourth-order valence-corrected chi connectivity index (χ4v) is 5.38. The van der Waals surface area contributed by atoms with Gasteiger partial charge in [-0.2, -0.15) is 13.2 Å². The second-order valence-corrected chi connectivity index (χ2v) is 10.2. The Labute approximate surface area is 211 Å². The Hall–Kier alpha value is -3.17. The first-order valence-corrected chi connectivity index (χ1v) is 11.7. The minimum Gasteiger partial charge on any atom is -0.356 e. The SMILES string of the molecule is CC1(C)[C@@H]2[C@@H](C(=O)N[C@@H](C[C@@H]3CCNC3=O)C(=O)COC(F)(F)F)N(C(=O)c3cc(C(F)(F)F)no3)C[C@@H]21. The molecule has 0 bridgehead atoms. The molecule has 0 radical (unpaired) electrons. The number of piperidine rings is 1. The monoisotopic (exact) mass is 554 g/mol. The van der Waals surface area contributed by atoms with Crippen LogP contribution in [0.2, 0.25) is 0 Å². The summed E-state index contributed by atoms with van der Waals surface area (Å²) >= 11 is 0. The van der Waals surface area contributed by atoms with Crippen LogP contribution in [0.15, 0.2) is 10.6 Å². The minimum atomic E-state index is -5.11. The minimum absolute atomic E-state index is 0.00251. The number of ketones is 1. The molecule has 2 saturated heterocycles. The van der Waals surface area contributed by atoms with Gasteiger partial charge in [0.05, 0.1) is 6.04 Å². The van der Waals surface area contributed by atoms with Crippen LogP contribution in [0.5, 0.6) is 0 Å². The number of alkyl halides is 6. The lowest BCUT2D eigenvalue weighted by Gasteiger charge is -2.31. The van der Waals surface area contributed by atoms with Gasteiger partial charge in [-0.15, -0.1) is 13.2 Å².